The first-order valence-electron chi connectivity index (χ1n) is 11.4. The van der Waals surface area contributed by atoms with Crippen LogP contribution in [-0.2, 0) is 4.74 Å². The number of aromatic nitrogens is 2. The number of aromatic amines is 1. The second-order valence-corrected chi connectivity index (χ2v) is 8.41. The topological polar surface area (TPSA) is 79.5 Å². The number of nitrogens with one attached hydrogen (secondary N) is 2. The zero-order valence-corrected chi connectivity index (χ0v) is 19.4. The van der Waals surface area contributed by atoms with Gasteiger partial charge in [-0.3, -0.25) is 14.7 Å². The molecule has 34 heavy (non-hydrogen) atoms. The molecule has 2 N–H and O–H groups in total. The van der Waals surface area contributed by atoms with Gasteiger partial charge in [0, 0.05) is 52.7 Å². The number of pyridine rings is 1. The average Bonchev–Trinajstić information content (AvgIpc) is 3.20. The number of ether oxygens (including phenoxy) is 2. The number of carbonyl (C=O) groups excluding carboxylic acids is 1. The van der Waals surface area contributed by atoms with Gasteiger partial charge in [-0.25, -0.2) is 0 Å². The Hall–Kier alpha value is -3.68. The van der Waals surface area contributed by atoms with Crippen molar-refractivity contribution in [3.05, 3.63) is 89.4 Å². The number of hydrogen-bond acceptors (Lipinski definition) is 5. The molecule has 2 aromatic heterocycles. The number of morpholine rings is 1. The zero-order chi connectivity index (χ0) is 23.5. The summed E-state index contributed by atoms with van der Waals surface area (Å²) in [6, 6.07) is 19.1. The minimum absolute atomic E-state index is 0.00797. The Morgan fingerprint density at radius 2 is 1.91 bits per heavy atom. The average molecular weight is 457 g/mol. The molecular weight excluding hydrogens is 428 g/mol. The SMILES string of the molecule is COc1ccc(C(=O)Nc2ccc3[nH]c(C)c([C@@H](c4ccccn4)N4CCOCC4)c3c2)cc1. The summed E-state index contributed by atoms with van der Waals surface area (Å²) >= 11 is 0. The zero-order valence-electron chi connectivity index (χ0n) is 19.4. The van der Waals surface area contributed by atoms with E-state index in [1.807, 2.05) is 36.5 Å². The lowest BCUT2D eigenvalue weighted by atomic mass is 9.97. The molecule has 0 radical (unpaired) electrons. The molecular formula is C27H28N4O3. The molecule has 1 atom stereocenters. The number of aryl methyl sites for hydroxylation is 1. The third-order valence-electron chi connectivity index (χ3n) is 6.30. The first-order chi connectivity index (χ1) is 16.6. The molecule has 1 saturated heterocycles. The van der Waals surface area contributed by atoms with Crippen LogP contribution < -0.4 is 10.1 Å². The molecule has 0 aliphatic carbocycles. The number of H-pyrrole nitrogens is 1. The van der Waals surface area contributed by atoms with Gasteiger partial charge in [-0.15, -0.1) is 0 Å². The van der Waals surface area contributed by atoms with Gasteiger partial charge in [0.1, 0.15) is 5.75 Å². The summed E-state index contributed by atoms with van der Waals surface area (Å²) in [5.74, 6) is 0.555. The highest BCUT2D eigenvalue weighted by Crippen LogP contribution is 2.37. The van der Waals surface area contributed by atoms with Crippen molar-refractivity contribution < 1.29 is 14.3 Å². The highest BCUT2D eigenvalue weighted by molar-refractivity contribution is 6.05. The standard InChI is InChI=1S/C27H28N4O3/c1-18-25(26(24-5-3-4-12-28-24)31-13-15-34-16-14-31)22-17-20(8-11-23(22)29-18)30-27(32)19-6-9-21(33-2)10-7-19/h3-12,17,26,29H,13-16H2,1-2H3,(H,30,32)/t26-/m1/s1. The first kappa shape index (κ1) is 22.1. The fraction of sp³-hybridized carbons (Fsp3) is 0.259. The van der Waals surface area contributed by atoms with E-state index in [2.05, 4.69) is 28.2 Å². The number of anilines is 1. The number of methoxy groups -OCH3 is 1. The molecule has 0 spiro atoms. The molecule has 2 aromatic carbocycles. The molecule has 7 heteroatoms. The van der Waals surface area contributed by atoms with Crippen LogP contribution in [0.2, 0.25) is 0 Å². The van der Waals surface area contributed by atoms with Crippen molar-refractivity contribution in [2.75, 3.05) is 38.7 Å². The van der Waals surface area contributed by atoms with E-state index in [9.17, 15) is 4.79 Å². The summed E-state index contributed by atoms with van der Waals surface area (Å²) in [4.78, 5) is 23.5. The fourth-order valence-electron chi connectivity index (χ4n) is 4.61. The van der Waals surface area contributed by atoms with Gasteiger partial charge in [-0.2, -0.15) is 0 Å². The largest absolute Gasteiger partial charge is 0.497 e. The molecule has 1 fully saturated rings. The summed E-state index contributed by atoms with van der Waals surface area (Å²) in [5, 5.41) is 4.12. The van der Waals surface area contributed by atoms with E-state index in [1.54, 1.807) is 31.4 Å². The van der Waals surface area contributed by atoms with E-state index in [4.69, 9.17) is 14.5 Å². The Balaban J connectivity index is 1.52. The van der Waals surface area contributed by atoms with Crippen molar-refractivity contribution in [3.8, 4) is 5.75 Å². The Morgan fingerprint density at radius 1 is 1.12 bits per heavy atom. The highest BCUT2D eigenvalue weighted by Gasteiger charge is 2.29. The summed E-state index contributed by atoms with van der Waals surface area (Å²) in [6.45, 7) is 5.17. The summed E-state index contributed by atoms with van der Waals surface area (Å²) in [5.41, 5.74) is 5.62. The van der Waals surface area contributed by atoms with Crippen molar-refractivity contribution in [1.29, 1.82) is 0 Å². The predicted octanol–water partition coefficient (Wildman–Crippen LogP) is 4.55. The van der Waals surface area contributed by atoms with Crippen molar-refractivity contribution >= 4 is 22.5 Å². The number of carbonyl (C=O) groups is 1. The number of fused-ring (bicyclic) bond motifs is 1. The van der Waals surface area contributed by atoms with Crippen LogP contribution >= 0.6 is 0 Å². The van der Waals surface area contributed by atoms with Crippen LogP contribution in [0, 0.1) is 6.92 Å². The molecule has 1 aliphatic heterocycles. The van der Waals surface area contributed by atoms with Crippen molar-refractivity contribution in [3.63, 3.8) is 0 Å². The fourth-order valence-corrected chi connectivity index (χ4v) is 4.61. The lowest BCUT2D eigenvalue weighted by Crippen LogP contribution is -2.40. The van der Waals surface area contributed by atoms with E-state index >= 15 is 0 Å². The molecule has 3 heterocycles. The highest BCUT2D eigenvalue weighted by atomic mass is 16.5. The lowest BCUT2D eigenvalue weighted by Gasteiger charge is -2.34. The predicted molar refractivity (Wildman–Crippen MR) is 132 cm³/mol. The Morgan fingerprint density at radius 3 is 2.62 bits per heavy atom. The van der Waals surface area contributed by atoms with Crippen molar-refractivity contribution in [1.82, 2.24) is 14.9 Å². The normalized spacial score (nSPS) is 15.2. The van der Waals surface area contributed by atoms with E-state index in [-0.39, 0.29) is 11.9 Å². The Bertz CT molecular complexity index is 1280. The van der Waals surface area contributed by atoms with E-state index in [0.29, 0.717) is 24.5 Å². The third kappa shape index (κ3) is 4.40. The maximum atomic E-state index is 12.9. The van der Waals surface area contributed by atoms with Crippen molar-refractivity contribution in [2.45, 2.75) is 13.0 Å². The quantitative estimate of drug-likeness (QED) is 0.445. The van der Waals surface area contributed by atoms with Crippen LogP contribution in [0.5, 0.6) is 5.75 Å². The van der Waals surface area contributed by atoms with E-state index in [0.717, 1.165) is 41.1 Å². The second-order valence-electron chi connectivity index (χ2n) is 8.41. The van der Waals surface area contributed by atoms with Gasteiger partial charge in [0.05, 0.1) is 32.1 Å². The first-order valence-corrected chi connectivity index (χ1v) is 11.4. The van der Waals surface area contributed by atoms with E-state index < -0.39 is 0 Å². The molecule has 0 saturated carbocycles. The van der Waals surface area contributed by atoms with Crippen LogP contribution in [0.3, 0.4) is 0 Å². The van der Waals surface area contributed by atoms with Crippen LogP contribution in [0.25, 0.3) is 10.9 Å². The van der Waals surface area contributed by atoms with Gasteiger partial charge in [0.2, 0.25) is 0 Å². The second kappa shape index (κ2) is 9.67. The van der Waals surface area contributed by atoms with Gasteiger partial charge in [0.15, 0.2) is 0 Å². The number of amides is 1. The molecule has 1 amide bonds. The molecule has 0 bridgehead atoms. The number of nitrogens with zero attached hydrogens (tertiary/aromatic N) is 2. The molecule has 1 aliphatic rings. The van der Waals surface area contributed by atoms with Crippen LogP contribution in [0.4, 0.5) is 5.69 Å². The number of rotatable bonds is 6. The van der Waals surface area contributed by atoms with E-state index in [1.165, 1.54) is 5.56 Å². The van der Waals surface area contributed by atoms with Crippen LogP contribution in [0.15, 0.2) is 66.9 Å². The summed E-state index contributed by atoms with van der Waals surface area (Å²) in [7, 11) is 1.61. The third-order valence-corrected chi connectivity index (χ3v) is 6.30. The van der Waals surface area contributed by atoms with Gasteiger partial charge in [0.25, 0.3) is 5.91 Å². The lowest BCUT2D eigenvalue weighted by molar-refractivity contribution is 0.0234. The maximum Gasteiger partial charge on any atom is 0.255 e. The smallest absolute Gasteiger partial charge is 0.255 e. The summed E-state index contributed by atoms with van der Waals surface area (Å²) in [6.07, 6.45) is 1.84. The maximum absolute atomic E-state index is 12.9. The van der Waals surface area contributed by atoms with Gasteiger partial charge in [-0.05, 0) is 61.5 Å². The summed E-state index contributed by atoms with van der Waals surface area (Å²) < 4.78 is 10.8. The van der Waals surface area contributed by atoms with Gasteiger partial charge < -0.3 is 19.8 Å². The van der Waals surface area contributed by atoms with Gasteiger partial charge >= 0.3 is 0 Å². The van der Waals surface area contributed by atoms with Crippen molar-refractivity contribution in [2.24, 2.45) is 0 Å². The molecule has 4 aromatic rings. The van der Waals surface area contributed by atoms with Crippen LogP contribution in [-0.4, -0.2) is 54.2 Å². The Kier molecular flexibility index (Phi) is 6.29. The molecule has 174 valence electrons. The Labute approximate surface area is 198 Å². The molecule has 5 rings (SSSR count). The minimum Gasteiger partial charge on any atom is -0.497 e. The van der Waals surface area contributed by atoms with Gasteiger partial charge in [-0.1, -0.05) is 6.07 Å². The van der Waals surface area contributed by atoms with Crippen LogP contribution in [0.1, 0.15) is 33.4 Å². The monoisotopic (exact) mass is 456 g/mol. The number of benzene rings is 2. The number of hydrogen-bond donors (Lipinski definition) is 2. The molecule has 0 unspecified atom stereocenters. The minimum atomic E-state index is -0.162. The molecule has 7 nitrogen and oxygen atoms in total.